The number of Topliss-reactive ketones (excluding diaryl/α,β-unsaturated/α-hetero) is 1. The van der Waals surface area contributed by atoms with Gasteiger partial charge in [-0.1, -0.05) is 35.0 Å². The molecule has 1 unspecified atom stereocenters. The summed E-state index contributed by atoms with van der Waals surface area (Å²) in [7, 11) is 0. The van der Waals surface area contributed by atoms with Crippen molar-refractivity contribution < 1.29 is 14.3 Å². The van der Waals surface area contributed by atoms with Gasteiger partial charge >= 0.3 is 5.97 Å². The second kappa shape index (κ2) is 6.69. The van der Waals surface area contributed by atoms with Gasteiger partial charge in [-0.2, -0.15) is 0 Å². The zero-order chi connectivity index (χ0) is 13.7. The molecule has 98 valence electrons. The number of ketones is 1. The molecule has 4 heteroatoms. The van der Waals surface area contributed by atoms with Gasteiger partial charge in [0.15, 0.2) is 0 Å². The molecule has 0 heterocycles. The molecule has 0 radical (unpaired) electrons. The lowest BCUT2D eigenvalue weighted by Gasteiger charge is -2.13. The van der Waals surface area contributed by atoms with Crippen LogP contribution in [0, 0.1) is 0 Å². The summed E-state index contributed by atoms with van der Waals surface area (Å²) in [4.78, 5) is 22.9. The van der Waals surface area contributed by atoms with E-state index >= 15 is 0 Å². The third-order valence-corrected chi connectivity index (χ3v) is 3.79. The van der Waals surface area contributed by atoms with Crippen molar-refractivity contribution in [3.05, 3.63) is 34.9 Å². The number of rotatable bonds is 5. The second-order valence-corrected chi connectivity index (χ2v) is 4.88. The zero-order valence-corrected chi connectivity index (χ0v) is 12.4. The quantitative estimate of drug-likeness (QED) is 0.618. The zero-order valence-electron chi connectivity index (χ0n) is 10.8. The van der Waals surface area contributed by atoms with Gasteiger partial charge in [-0.3, -0.25) is 4.79 Å². The molecule has 1 aromatic carbocycles. The van der Waals surface area contributed by atoms with Gasteiger partial charge in [0.2, 0.25) is 0 Å². The second-order valence-electron chi connectivity index (χ2n) is 3.97. The van der Waals surface area contributed by atoms with Gasteiger partial charge in [-0.25, -0.2) is 4.79 Å². The minimum absolute atomic E-state index is 0.0372. The first-order valence-electron chi connectivity index (χ1n) is 5.95. The molecule has 0 aliphatic heterocycles. The molecule has 0 saturated carbocycles. The molecule has 1 atom stereocenters. The van der Waals surface area contributed by atoms with E-state index in [1.54, 1.807) is 13.0 Å². The summed E-state index contributed by atoms with van der Waals surface area (Å²) in [5.41, 5.74) is 2.18. The van der Waals surface area contributed by atoms with E-state index in [2.05, 4.69) is 15.9 Å². The SMILES string of the molecule is CCOC(=O)c1cc(CC)ccc1C(Br)C(C)=O. The van der Waals surface area contributed by atoms with E-state index in [1.807, 2.05) is 19.1 Å². The maximum atomic E-state index is 11.9. The maximum absolute atomic E-state index is 11.9. The summed E-state index contributed by atoms with van der Waals surface area (Å²) in [6, 6.07) is 5.53. The van der Waals surface area contributed by atoms with Gasteiger partial charge < -0.3 is 4.74 Å². The summed E-state index contributed by atoms with van der Waals surface area (Å²) in [5, 5.41) is 0. The van der Waals surface area contributed by atoms with Gasteiger partial charge in [0, 0.05) is 0 Å². The molecule has 0 amide bonds. The van der Waals surface area contributed by atoms with E-state index in [9.17, 15) is 9.59 Å². The third-order valence-electron chi connectivity index (χ3n) is 2.65. The molecule has 0 N–H and O–H groups in total. The lowest BCUT2D eigenvalue weighted by atomic mass is 9.99. The molecule has 0 fully saturated rings. The van der Waals surface area contributed by atoms with Crippen LogP contribution in [0.4, 0.5) is 0 Å². The summed E-state index contributed by atoms with van der Waals surface area (Å²) >= 11 is 3.31. The van der Waals surface area contributed by atoms with Crippen LogP contribution in [0.5, 0.6) is 0 Å². The number of carbonyl (C=O) groups excluding carboxylic acids is 2. The van der Waals surface area contributed by atoms with E-state index in [0.717, 1.165) is 12.0 Å². The van der Waals surface area contributed by atoms with Crippen LogP contribution in [0.25, 0.3) is 0 Å². The predicted molar refractivity (Wildman–Crippen MR) is 74.1 cm³/mol. The van der Waals surface area contributed by atoms with Gasteiger partial charge in [0.25, 0.3) is 0 Å². The molecule has 0 bridgehead atoms. The fourth-order valence-electron chi connectivity index (χ4n) is 1.65. The van der Waals surface area contributed by atoms with Crippen LogP contribution < -0.4 is 0 Å². The van der Waals surface area contributed by atoms with Gasteiger partial charge in [-0.15, -0.1) is 0 Å². The Morgan fingerprint density at radius 2 is 2.00 bits per heavy atom. The summed E-state index contributed by atoms with van der Waals surface area (Å²) < 4.78 is 5.03. The highest BCUT2D eigenvalue weighted by Gasteiger charge is 2.21. The lowest BCUT2D eigenvalue weighted by molar-refractivity contribution is -0.116. The van der Waals surface area contributed by atoms with E-state index < -0.39 is 4.83 Å². The van der Waals surface area contributed by atoms with Crippen LogP contribution in [-0.4, -0.2) is 18.4 Å². The van der Waals surface area contributed by atoms with Crippen molar-refractivity contribution in [3.8, 4) is 0 Å². The van der Waals surface area contributed by atoms with Gasteiger partial charge in [-0.05, 0) is 37.5 Å². The van der Waals surface area contributed by atoms with Crippen molar-refractivity contribution >= 4 is 27.7 Å². The average Bonchev–Trinajstić information content (AvgIpc) is 2.37. The Kier molecular flexibility index (Phi) is 5.54. The summed E-state index contributed by atoms with van der Waals surface area (Å²) in [6.07, 6.45) is 0.833. The first-order valence-corrected chi connectivity index (χ1v) is 6.87. The number of aryl methyl sites for hydroxylation is 1. The van der Waals surface area contributed by atoms with Crippen LogP contribution in [0.1, 0.15) is 47.1 Å². The Morgan fingerprint density at radius 1 is 1.33 bits per heavy atom. The van der Waals surface area contributed by atoms with Crippen LogP contribution in [0.3, 0.4) is 0 Å². The lowest BCUT2D eigenvalue weighted by Crippen LogP contribution is -2.12. The Morgan fingerprint density at radius 3 is 2.50 bits per heavy atom. The Balaban J connectivity index is 3.24. The number of halogens is 1. The Hall–Kier alpha value is -1.16. The van der Waals surface area contributed by atoms with Gasteiger partial charge in [0.1, 0.15) is 5.78 Å². The number of esters is 1. The number of ether oxygens (including phenoxy) is 1. The fourth-order valence-corrected chi connectivity index (χ4v) is 2.05. The first kappa shape index (κ1) is 14.9. The van der Waals surface area contributed by atoms with Crippen LogP contribution >= 0.6 is 15.9 Å². The molecule has 0 spiro atoms. The number of carbonyl (C=O) groups is 2. The molecule has 1 rings (SSSR count). The van der Waals surface area contributed by atoms with Crippen molar-refractivity contribution in [1.82, 2.24) is 0 Å². The van der Waals surface area contributed by atoms with Crippen LogP contribution in [0.15, 0.2) is 18.2 Å². The normalized spacial score (nSPS) is 12.0. The Bertz CT molecular complexity index is 454. The molecular weight excluding hydrogens is 296 g/mol. The molecule has 0 saturated heterocycles. The van der Waals surface area contributed by atoms with Crippen molar-refractivity contribution in [2.45, 2.75) is 32.0 Å². The molecule has 1 aromatic rings. The molecule has 0 aliphatic rings. The topological polar surface area (TPSA) is 43.4 Å². The maximum Gasteiger partial charge on any atom is 0.338 e. The first-order chi connectivity index (χ1) is 8.51. The molecule has 3 nitrogen and oxygen atoms in total. The number of benzene rings is 1. The van der Waals surface area contributed by atoms with Crippen molar-refractivity contribution in [2.75, 3.05) is 6.61 Å². The minimum Gasteiger partial charge on any atom is -0.462 e. The number of hydrogen-bond acceptors (Lipinski definition) is 3. The van der Waals surface area contributed by atoms with E-state index in [-0.39, 0.29) is 11.8 Å². The summed E-state index contributed by atoms with van der Waals surface area (Å²) in [5.74, 6) is -0.418. The summed E-state index contributed by atoms with van der Waals surface area (Å²) in [6.45, 7) is 5.59. The van der Waals surface area contributed by atoms with Crippen molar-refractivity contribution in [3.63, 3.8) is 0 Å². The largest absolute Gasteiger partial charge is 0.462 e. The smallest absolute Gasteiger partial charge is 0.338 e. The van der Waals surface area contributed by atoms with Crippen LogP contribution in [0.2, 0.25) is 0 Å². The third kappa shape index (κ3) is 3.42. The highest BCUT2D eigenvalue weighted by atomic mass is 79.9. The highest BCUT2D eigenvalue weighted by Crippen LogP contribution is 2.28. The molecule has 18 heavy (non-hydrogen) atoms. The van der Waals surface area contributed by atoms with E-state index in [1.165, 1.54) is 6.92 Å². The molecule has 0 aromatic heterocycles. The standard InChI is InChI=1S/C14H17BrO3/c1-4-10-6-7-11(13(15)9(3)16)12(8-10)14(17)18-5-2/h6-8,13H,4-5H2,1-3H3. The molecular formula is C14H17BrO3. The van der Waals surface area contributed by atoms with Crippen molar-refractivity contribution in [1.29, 1.82) is 0 Å². The minimum atomic E-state index is -0.470. The predicted octanol–water partition coefficient (Wildman–Crippen LogP) is 3.45. The van der Waals surface area contributed by atoms with E-state index in [0.29, 0.717) is 17.7 Å². The van der Waals surface area contributed by atoms with Crippen LogP contribution in [-0.2, 0) is 16.0 Å². The number of hydrogen-bond donors (Lipinski definition) is 0. The molecule has 0 aliphatic carbocycles. The highest BCUT2D eigenvalue weighted by molar-refractivity contribution is 9.09. The Labute approximate surface area is 116 Å². The monoisotopic (exact) mass is 312 g/mol. The van der Waals surface area contributed by atoms with E-state index in [4.69, 9.17) is 4.74 Å². The fraction of sp³-hybridized carbons (Fsp3) is 0.429. The number of alkyl halides is 1. The average molecular weight is 313 g/mol. The van der Waals surface area contributed by atoms with Gasteiger partial charge in [0.05, 0.1) is 17.0 Å². The van der Waals surface area contributed by atoms with Crippen molar-refractivity contribution in [2.24, 2.45) is 0 Å².